The number of amides is 2. The summed E-state index contributed by atoms with van der Waals surface area (Å²) in [6.07, 6.45) is 0. The number of benzene rings is 2. The fourth-order valence-corrected chi connectivity index (χ4v) is 3.64. The van der Waals surface area contributed by atoms with Crippen LogP contribution in [-0.4, -0.2) is 47.6 Å². The van der Waals surface area contributed by atoms with Crippen LogP contribution in [-0.2, 0) is 21.9 Å². The number of rotatable bonds is 10. The molecular formula is C21H25N3O5S. The Morgan fingerprint density at radius 3 is 2.27 bits per heavy atom. The number of carbonyl (C=O) groups is 2. The van der Waals surface area contributed by atoms with Crippen molar-refractivity contribution in [1.82, 2.24) is 10.2 Å². The van der Waals surface area contributed by atoms with Crippen molar-refractivity contribution in [3.05, 3.63) is 69.8 Å². The first kappa shape index (κ1) is 23.2. The molecule has 160 valence electrons. The third-order valence-corrected chi connectivity index (χ3v) is 5.56. The standard InChI is InChI=1S/C21H25N3O5S/c1-15(21(26)22-2)23(12-16-6-10-19(29-3)11-7-16)20(25)14-30-13-17-4-8-18(9-5-17)24(27)28/h4-11,15H,12-14H2,1-3H3,(H,22,26)/t15-/m1/s1. The van der Waals surface area contributed by atoms with Gasteiger partial charge in [0.2, 0.25) is 11.8 Å². The van der Waals surface area contributed by atoms with E-state index in [4.69, 9.17) is 4.74 Å². The Hall–Kier alpha value is -3.07. The Labute approximate surface area is 179 Å². The lowest BCUT2D eigenvalue weighted by Crippen LogP contribution is -2.47. The molecule has 0 heterocycles. The summed E-state index contributed by atoms with van der Waals surface area (Å²) in [5.74, 6) is 1.05. The lowest BCUT2D eigenvalue weighted by molar-refractivity contribution is -0.384. The summed E-state index contributed by atoms with van der Waals surface area (Å²) in [7, 11) is 3.12. The number of hydrogen-bond donors (Lipinski definition) is 1. The van der Waals surface area contributed by atoms with Crippen LogP contribution < -0.4 is 10.1 Å². The molecular weight excluding hydrogens is 406 g/mol. The van der Waals surface area contributed by atoms with Crippen molar-refractivity contribution < 1.29 is 19.2 Å². The molecule has 1 N–H and O–H groups in total. The molecule has 2 amide bonds. The van der Waals surface area contributed by atoms with Crippen LogP contribution in [0.1, 0.15) is 18.1 Å². The molecule has 0 aliphatic carbocycles. The minimum atomic E-state index is -0.621. The van der Waals surface area contributed by atoms with Crippen molar-refractivity contribution in [3.63, 3.8) is 0 Å². The van der Waals surface area contributed by atoms with Gasteiger partial charge in [-0.25, -0.2) is 0 Å². The fourth-order valence-electron chi connectivity index (χ4n) is 2.77. The summed E-state index contributed by atoms with van der Waals surface area (Å²) in [6.45, 7) is 2.00. The minimum absolute atomic E-state index is 0.0323. The molecule has 8 nitrogen and oxygen atoms in total. The maximum Gasteiger partial charge on any atom is 0.269 e. The van der Waals surface area contributed by atoms with Crippen molar-refractivity contribution in [1.29, 1.82) is 0 Å². The van der Waals surface area contributed by atoms with Gasteiger partial charge in [0, 0.05) is 31.5 Å². The highest BCUT2D eigenvalue weighted by Gasteiger charge is 2.25. The monoisotopic (exact) mass is 431 g/mol. The van der Waals surface area contributed by atoms with Gasteiger partial charge in [0.05, 0.1) is 17.8 Å². The largest absolute Gasteiger partial charge is 0.497 e. The quantitative estimate of drug-likeness (QED) is 0.458. The summed E-state index contributed by atoms with van der Waals surface area (Å²) < 4.78 is 5.15. The second-order valence-corrected chi connectivity index (χ2v) is 7.56. The van der Waals surface area contributed by atoms with Crippen LogP contribution in [0, 0.1) is 10.1 Å². The van der Waals surface area contributed by atoms with Crippen molar-refractivity contribution in [2.45, 2.75) is 25.3 Å². The van der Waals surface area contributed by atoms with Crippen molar-refractivity contribution in [3.8, 4) is 5.75 Å². The van der Waals surface area contributed by atoms with Crippen molar-refractivity contribution in [2.24, 2.45) is 0 Å². The predicted molar refractivity (Wildman–Crippen MR) is 116 cm³/mol. The normalized spacial score (nSPS) is 11.4. The Balaban J connectivity index is 2.02. The van der Waals surface area contributed by atoms with E-state index in [2.05, 4.69) is 5.32 Å². The summed E-state index contributed by atoms with van der Waals surface area (Å²) in [5, 5.41) is 13.3. The van der Waals surface area contributed by atoms with E-state index in [1.165, 1.54) is 30.9 Å². The molecule has 0 saturated heterocycles. The van der Waals surface area contributed by atoms with Gasteiger partial charge in [-0.2, -0.15) is 0 Å². The maximum absolute atomic E-state index is 12.9. The molecule has 2 aromatic rings. The number of methoxy groups -OCH3 is 1. The second-order valence-electron chi connectivity index (χ2n) is 6.58. The van der Waals surface area contributed by atoms with Gasteiger partial charge < -0.3 is 15.0 Å². The number of nitro benzene ring substituents is 1. The molecule has 0 spiro atoms. The maximum atomic E-state index is 12.9. The lowest BCUT2D eigenvalue weighted by Gasteiger charge is -2.28. The van der Waals surface area contributed by atoms with Crippen LogP contribution in [0.3, 0.4) is 0 Å². The third-order valence-electron chi connectivity index (χ3n) is 4.57. The molecule has 0 saturated carbocycles. The van der Waals surface area contributed by atoms with Crippen LogP contribution in [0.15, 0.2) is 48.5 Å². The van der Waals surface area contributed by atoms with Gasteiger partial charge in [-0.1, -0.05) is 24.3 Å². The van der Waals surface area contributed by atoms with Crippen LogP contribution in [0.4, 0.5) is 5.69 Å². The molecule has 0 fully saturated rings. The fraction of sp³-hybridized carbons (Fsp3) is 0.333. The zero-order valence-electron chi connectivity index (χ0n) is 17.2. The van der Waals surface area contributed by atoms with E-state index < -0.39 is 11.0 Å². The van der Waals surface area contributed by atoms with Gasteiger partial charge in [-0.15, -0.1) is 11.8 Å². The number of likely N-dealkylation sites (N-methyl/N-ethyl adjacent to an activating group) is 1. The minimum Gasteiger partial charge on any atom is -0.497 e. The number of nitrogens with one attached hydrogen (secondary N) is 1. The molecule has 9 heteroatoms. The average molecular weight is 432 g/mol. The number of ether oxygens (including phenoxy) is 1. The number of hydrogen-bond acceptors (Lipinski definition) is 6. The molecule has 0 bridgehead atoms. The number of thioether (sulfide) groups is 1. The number of non-ortho nitro benzene ring substituents is 1. The highest BCUT2D eigenvalue weighted by atomic mass is 32.2. The molecule has 1 atom stereocenters. The van der Waals surface area contributed by atoms with Gasteiger partial charge in [0.25, 0.3) is 5.69 Å². The molecule has 0 aliphatic heterocycles. The van der Waals surface area contributed by atoms with E-state index in [1.54, 1.807) is 31.1 Å². The van der Waals surface area contributed by atoms with Crippen LogP contribution in [0.5, 0.6) is 5.75 Å². The van der Waals surface area contributed by atoms with Gasteiger partial charge >= 0.3 is 0 Å². The van der Waals surface area contributed by atoms with E-state index in [9.17, 15) is 19.7 Å². The Kier molecular flexibility index (Phi) is 8.67. The van der Waals surface area contributed by atoms with E-state index in [-0.39, 0.29) is 23.3 Å². The third kappa shape index (κ3) is 6.48. The van der Waals surface area contributed by atoms with Gasteiger partial charge in [0.15, 0.2) is 0 Å². The average Bonchev–Trinajstić information content (AvgIpc) is 2.77. The van der Waals surface area contributed by atoms with Gasteiger partial charge in [-0.3, -0.25) is 19.7 Å². The highest BCUT2D eigenvalue weighted by molar-refractivity contribution is 7.99. The molecule has 0 aliphatic rings. The summed E-state index contributed by atoms with van der Waals surface area (Å²) in [5.41, 5.74) is 1.81. The first-order chi connectivity index (χ1) is 14.3. The number of nitrogens with zero attached hydrogens (tertiary/aromatic N) is 2. The van der Waals surface area contributed by atoms with Crippen molar-refractivity contribution >= 4 is 29.3 Å². The first-order valence-corrected chi connectivity index (χ1v) is 10.5. The summed E-state index contributed by atoms with van der Waals surface area (Å²) >= 11 is 1.40. The van der Waals surface area contributed by atoms with Crippen LogP contribution in [0.2, 0.25) is 0 Å². The van der Waals surface area contributed by atoms with E-state index in [1.807, 2.05) is 24.3 Å². The Morgan fingerprint density at radius 1 is 1.13 bits per heavy atom. The van der Waals surface area contributed by atoms with E-state index in [0.29, 0.717) is 12.3 Å². The first-order valence-electron chi connectivity index (χ1n) is 9.30. The number of nitro groups is 1. The van der Waals surface area contributed by atoms with E-state index in [0.717, 1.165) is 16.9 Å². The van der Waals surface area contributed by atoms with Crippen molar-refractivity contribution in [2.75, 3.05) is 19.9 Å². The Morgan fingerprint density at radius 2 is 1.73 bits per heavy atom. The molecule has 30 heavy (non-hydrogen) atoms. The smallest absolute Gasteiger partial charge is 0.269 e. The van der Waals surface area contributed by atoms with Crippen LogP contribution >= 0.6 is 11.8 Å². The lowest BCUT2D eigenvalue weighted by atomic mass is 10.1. The molecule has 0 radical (unpaired) electrons. The van der Waals surface area contributed by atoms with Gasteiger partial charge in [-0.05, 0) is 30.2 Å². The number of carbonyl (C=O) groups excluding carboxylic acids is 2. The molecule has 0 aromatic heterocycles. The second kappa shape index (κ2) is 11.2. The van der Waals surface area contributed by atoms with E-state index >= 15 is 0 Å². The molecule has 2 rings (SSSR count). The highest BCUT2D eigenvalue weighted by Crippen LogP contribution is 2.19. The topological polar surface area (TPSA) is 102 Å². The van der Waals surface area contributed by atoms with Crippen LogP contribution in [0.25, 0.3) is 0 Å². The predicted octanol–water partition coefficient (Wildman–Crippen LogP) is 3.00. The summed E-state index contributed by atoms with van der Waals surface area (Å²) in [4.78, 5) is 36.8. The zero-order chi connectivity index (χ0) is 22.1. The van der Waals surface area contributed by atoms with Gasteiger partial charge in [0.1, 0.15) is 11.8 Å². The zero-order valence-corrected chi connectivity index (χ0v) is 18.0. The molecule has 2 aromatic carbocycles. The SMILES string of the molecule is CNC(=O)[C@@H](C)N(Cc1ccc(OC)cc1)C(=O)CSCc1ccc([N+](=O)[O-])cc1. The summed E-state index contributed by atoms with van der Waals surface area (Å²) in [6, 6.07) is 13.0. The Bertz CT molecular complexity index is 871. The molecule has 0 unspecified atom stereocenters.